The number of rotatable bonds is 9. The van der Waals surface area contributed by atoms with Crippen molar-refractivity contribution in [2.24, 2.45) is 0 Å². The molecule has 2 aromatic rings. The first kappa shape index (κ1) is 23.2. The second-order valence-corrected chi connectivity index (χ2v) is 8.59. The number of amides is 1. The zero-order valence-corrected chi connectivity index (χ0v) is 18.2. The van der Waals surface area contributed by atoms with Crippen LogP contribution in [-0.2, 0) is 16.0 Å². The molecular formula is C21H24N4O6S. The van der Waals surface area contributed by atoms with E-state index in [-0.39, 0.29) is 30.3 Å². The molecule has 170 valence electrons. The molecule has 0 radical (unpaired) electrons. The first-order chi connectivity index (χ1) is 15.2. The molecule has 1 unspecified atom stereocenters. The first-order valence-electron chi connectivity index (χ1n) is 10.1. The Hall–Kier alpha value is -3.47. The molecule has 0 aromatic carbocycles. The number of carbonyl (C=O) groups is 3. The summed E-state index contributed by atoms with van der Waals surface area (Å²) in [6, 6.07) is 2.14. The number of anilines is 1. The summed E-state index contributed by atoms with van der Waals surface area (Å²) < 4.78 is 0. The molecule has 11 heteroatoms. The quantitative estimate of drug-likeness (QED) is 0.377. The summed E-state index contributed by atoms with van der Waals surface area (Å²) >= 11 is 1.24. The number of aromatic nitrogens is 2. The molecule has 0 saturated heterocycles. The van der Waals surface area contributed by atoms with E-state index in [2.05, 4.69) is 15.3 Å². The molecule has 2 heterocycles. The molecule has 0 fully saturated rings. The van der Waals surface area contributed by atoms with Gasteiger partial charge in [-0.05, 0) is 43.4 Å². The smallest absolute Gasteiger partial charge is 0.326 e. The lowest BCUT2D eigenvalue weighted by Crippen LogP contribution is -2.40. The summed E-state index contributed by atoms with van der Waals surface area (Å²) in [5.41, 5.74) is 7.48. The molecule has 6 N–H and O–H groups in total. The van der Waals surface area contributed by atoms with Gasteiger partial charge in [-0.25, -0.2) is 9.78 Å². The van der Waals surface area contributed by atoms with Gasteiger partial charge in [0.05, 0.1) is 16.1 Å². The predicted molar refractivity (Wildman–Crippen MR) is 119 cm³/mol. The van der Waals surface area contributed by atoms with Crippen molar-refractivity contribution in [3.63, 3.8) is 0 Å². The van der Waals surface area contributed by atoms with Gasteiger partial charge in [0.2, 0.25) is 5.95 Å². The number of carboxylic acid groups (broad SMARTS) is 2. The largest absolute Gasteiger partial charge is 0.481 e. The summed E-state index contributed by atoms with van der Waals surface area (Å²) in [5, 5.41) is 20.4. The molecule has 1 aliphatic rings. The Morgan fingerprint density at radius 1 is 1.31 bits per heavy atom. The van der Waals surface area contributed by atoms with Crippen LogP contribution >= 0.6 is 11.3 Å². The van der Waals surface area contributed by atoms with E-state index >= 15 is 0 Å². The summed E-state index contributed by atoms with van der Waals surface area (Å²) in [5.74, 6) is -2.93. The van der Waals surface area contributed by atoms with Crippen molar-refractivity contribution in [3.8, 4) is 0 Å². The highest BCUT2D eigenvalue weighted by Crippen LogP contribution is 2.35. The van der Waals surface area contributed by atoms with Gasteiger partial charge in [-0.3, -0.25) is 19.4 Å². The molecule has 3 rings (SSSR count). The zero-order chi connectivity index (χ0) is 23.4. The number of carbonyl (C=O) groups excluding carboxylic acids is 1. The fourth-order valence-corrected chi connectivity index (χ4v) is 4.73. The van der Waals surface area contributed by atoms with Crippen LogP contribution < -0.4 is 16.6 Å². The van der Waals surface area contributed by atoms with Gasteiger partial charge in [0.15, 0.2) is 0 Å². The van der Waals surface area contributed by atoms with E-state index < -0.39 is 23.9 Å². The van der Waals surface area contributed by atoms with Crippen LogP contribution in [0.15, 0.2) is 23.0 Å². The highest BCUT2D eigenvalue weighted by atomic mass is 32.1. The molecule has 1 aliphatic carbocycles. The number of H-pyrrole nitrogens is 1. The van der Waals surface area contributed by atoms with E-state index in [1.165, 1.54) is 11.3 Å². The molecule has 32 heavy (non-hydrogen) atoms. The summed E-state index contributed by atoms with van der Waals surface area (Å²) in [6.07, 6.45) is 3.49. The third-order valence-electron chi connectivity index (χ3n) is 5.27. The standard InChI is InChI=1S/C21H24N4O6S/c1-2-10(9-11-3-4-12-17(11)19(29)25-21(22)24-12)14-6-7-15(32-14)18(28)23-13(20(30)31)5-8-16(26)27/h6-7,9-10,13H,2-5,8H2,1H3,(H,23,28)(H,26,27)(H,30,31)(H3,22,24,25,29)/t10?,13-/m0/s1. The number of nitrogen functional groups attached to an aromatic ring is 1. The van der Waals surface area contributed by atoms with Crippen LogP contribution in [0.2, 0.25) is 0 Å². The molecule has 0 aliphatic heterocycles. The number of nitrogens with two attached hydrogens (primary N) is 1. The average Bonchev–Trinajstić information content (AvgIpc) is 3.36. The van der Waals surface area contributed by atoms with Gasteiger partial charge in [-0.15, -0.1) is 11.3 Å². The lowest BCUT2D eigenvalue weighted by Gasteiger charge is -2.13. The van der Waals surface area contributed by atoms with Gasteiger partial charge in [0.1, 0.15) is 6.04 Å². The van der Waals surface area contributed by atoms with Gasteiger partial charge in [-0.1, -0.05) is 13.0 Å². The molecule has 0 saturated carbocycles. The summed E-state index contributed by atoms with van der Waals surface area (Å²) in [6.45, 7) is 1.99. The van der Waals surface area contributed by atoms with Gasteiger partial charge in [0.25, 0.3) is 11.5 Å². The summed E-state index contributed by atoms with van der Waals surface area (Å²) in [4.78, 5) is 54.9. The molecule has 2 aromatic heterocycles. The second kappa shape index (κ2) is 9.77. The van der Waals surface area contributed by atoms with Crippen molar-refractivity contribution >= 4 is 40.7 Å². The van der Waals surface area contributed by atoms with E-state index in [1.54, 1.807) is 12.1 Å². The van der Waals surface area contributed by atoms with Gasteiger partial charge in [-0.2, -0.15) is 0 Å². The van der Waals surface area contributed by atoms with E-state index in [4.69, 9.17) is 10.8 Å². The Morgan fingerprint density at radius 2 is 2.06 bits per heavy atom. The Balaban J connectivity index is 1.78. The first-order valence-corrected chi connectivity index (χ1v) is 11.0. The second-order valence-electron chi connectivity index (χ2n) is 7.48. The molecule has 1 amide bonds. The maximum atomic E-state index is 12.5. The van der Waals surface area contributed by atoms with Crippen molar-refractivity contribution in [2.75, 3.05) is 5.73 Å². The van der Waals surface area contributed by atoms with Crippen molar-refractivity contribution in [1.82, 2.24) is 15.3 Å². The lowest BCUT2D eigenvalue weighted by molar-refractivity contribution is -0.140. The molecular weight excluding hydrogens is 436 g/mol. The Bertz CT molecular complexity index is 1140. The number of hydrogen-bond donors (Lipinski definition) is 5. The van der Waals surface area contributed by atoms with Crippen LogP contribution in [0, 0.1) is 0 Å². The minimum Gasteiger partial charge on any atom is -0.481 e. The highest BCUT2D eigenvalue weighted by molar-refractivity contribution is 7.14. The number of nitrogens with one attached hydrogen (secondary N) is 2. The van der Waals surface area contributed by atoms with Crippen molar-refractivity contribution in [3.05, 3.63) is 49.6 Å². The van der Waals surface area contributed by atoms with Crippen LogP contribution in [0.5, 0.6) is 0 Å². The van der Waals surface area contributed by atoms with E-state index in [9.17, 15) is 24.3 Å². The minimum absolute atomic E-state index is 0.0401. The molecule has 0 spiro atoms. The van der Waals surface area contributed by atoms with Gasteiger partial charge >= 0.3 is 11.9 Å². The Labute approximate surface area is 187 Å². The number of carboxylic acids is 2. The van der Waals surface area contributed by atoms with Crippen LogP contribution in [0.25, 0.3) is 5.57 Å². The average molecular weight is 461 g/mol. The number of aromatic amines is 1. The van der Waals surface area contributed by atoms with Crippen LogP contribution in [0.3, 0.4) is 0 Å². The SMILES string of the molecule is CCC(C=C1CCc2nc(N)[nH]c(=O)c21)c1ccc(C(=O)N[C@@H](CCC(=O)O)C(=O)O)s1. The Morgan fingerprint density at radius 3 is 2.72 bits per heavy atom. The normalized spacial score (nSPS) is 15.8. The predicted octanol–water partition coefficient (Wildman–Crippen LogP) is 1.98. The Kier molecular flexibility index (Phi) is 7.08. The molecule has 10 nitrogen and oxygen atoms in total. The van der Waals surface area contributed by atoms with Gasteiger partial charge in [0, 0.05) is 17.2 Å². The number of fused-ring (bicyclic) bond motifs is 1. The maximum Gasteiger partial charge on any atom is 0.326 e. The van der Waals surface area contributed by atoms with E-state index in [0.717, 1.165) is 16.9 Å². The third-order valence-corrected chi connectivity index (χ3v) is 6.49. The van der Waals surface area contributed by atoms with E-state index in [0.29, 0.717) is 29.0 Å². The van der Waals surface area contributed by atoms with Crippen molar-refractivity contribution < 1.29 is 24.6 Å². The highest BCUT2D eigenvalue weighted by Gasteiger charge is 2.25. The van der Waals surface area contributed by atoms with Crippen molar-refractivity contribution in [2.45, 2.75) is 51.0 Å². The third kappa shape index (κ3) is 5.22. The van der Waals surface area contributed by atoms with Crippen LogP contribution in [-0.4, -0.2) is 44.1 Å². The van der Waals surface area contributed by atoms with Gasteiger partial charge < -0.3 is 21.3 Å². The lowest BCUT2D eigenvalue weighted by atomic mass is 9.98. The number of aliphatic carboxylic acids is 2. The fraction of sp³-hybridized carbons (Fsp3) is 0.381. The number of aryl methyl sites for hydroxylation is 1. The number of nitrogens with zero attached hydrogens (tertiary/aromatic N) is 1. The number of allylic oxidation sites excluding steroid dienone is 2. The van der Waals surface area contributed by atoms with Crippen molar-refractivity contribution in [1.29, 1.82) is 0 Å². The van der Waals surface area contributed by atoms with E-state index in [1.807, 2.05) is 13.0 Å². The monoisotopic (exact) mass is 460 g/mol. The fourth-order valence-electron chi connectivity index (χ4n) is 3.67. The van der Waals surface area contributed by atoms with Crippen LogP contribution in [0.4, 0.5) is 5.95 Å². The molecule has 0 bridgehead atoms. The summed E-state index contributed by atoms with van der Waals surface area (Å²) in [7, 11) is 0. The number of hydrogen-bond acceptors (Lipinski definition) is 7. The topological polar surface area (TPSA) is 175 Å². The number of thiophene rings is 1. The van der Waals surface area contributed by atoms with Crippen LogP contribution in [0.1, 0.15) is 64.3 Å². The zero-order valence-electron chi connectivity index (χ0n) is 17.4. The maximum absolute atomic E-state index is 12.5. The molecule has 2 atom stereocenters. The minimum atomic E-state index is -1.29.